The molecule has 0 bridgehead atoms. The van der Waals surface area contributed by atoms with Gasteiger partial charge >= 0.3 is 12.2 Å². The number of benzene rings is 2. The Morgan fingerprint density at radius 2 is 1.62 bits per heavy atom. The summed E-state index contributed by atoms with van der Waals surface area (Å²) < 4.78 is 85.0. The predicted octanol–water partition coefficient (Wildman–Crippen LogP) is 3.99. The number of amides is 3. The SMILES string of the molecule is COCB(C(=O)N(C(C)=O)C(=O)c1c(F)cccc1F)c1ccc(SC(F)(F)F)cc1F. The molecule has 170 valence electrons. The quantitative estimate of drug-likeness (QED) is 0.358. The summed E-state index contributed by atoms with van der Waals surface area (Å²) in [5, 5.41) is 0. The van der Waals surface area contributed by atoms with Gasteiger partial charge in [-0.3, -0.25) is 14.4 Å². The molecule has 3 amide bonds. The zero-order valence-corrected chi connectivity index (χ0v) is 17.3. The topological polar surface area (TPSA) is 63.7 Å². The molecule has 0 heterocycles. The summed E-state index contributed by atoms with van der Waals surface area (Å²) >= 11 is -0.585. The standard InChI is InChI=1S/C19H14BF6NO4S/c1-10(28)27(17(29)16-13(21)4-3-5-14(16)22)18(30)20(9-31-2)12-7-6-11(8-15(12)23)32-19(24,25)26/h3-8H,9H2,1-2H3. The number of alkyl halides is 3. The fourth-order valence-corrected chi connectivity index (χ4v) is 3.38. The van der Waals surface area contributed by atoms with E-state index >= 15 is 0 Å². The zero-order chi connectivity index (χ0) is 24.2. The minimum Gasteiger partial charge on any atom is -0.392 e. The Hall–Kier alpha value is -2.80. The highest BCUT2D eigenvalue weighted by atomic mass is 32.2. The first kappa shape index (κ1) is 25.5. The van der Waals surface area contributed by atoms with Crippen LogP contribution in [0.1, 0.15) is 17.3 Å². The molecular weight excluding hydrogens is 463 g/mol. The van der Waals surface area contributed by atoms with Crippen molar-refractivity contribution in [2.45, 2.75) is 17.3 Å². The number of imide groups is 3. The summed E-state index contributed by atoms with van der Waals surface area (Å²) in [5.41, 5.74) is -6.33. The van der Waals surface area contributed by atoms with E-state index in [9.17, 15) is 40.7 Å². The van der Waals surface area contributed by atoms with Crippen molar-refractivity contribution in [2.75, 3.05) is 13.6 Å². The first-order valence-corrected chi connectivity index (χ1v) is 9.56. The van der Waals surface area contributed by atoms with Crippen molar-refractivity contribution in [1.82, 2.24) is 4.90 Å². The van der Waals surface area contributed by atoms with E-state index in [1.165, 1.54) is 0 Å². The number of thioether (sulfide) groups is 1. The normalized spacial score (nSPS) is 11.2. The van der Waals surface area contributed by atoms with Gasteiger partial charge in [0.15, 0.2) is 5.81 Å². The first-order valence-electron chi connectivity index (χ1n) is 8.74. The fraction of sp³-hybridized carbons (Fsp3) is 0.211. The van der Waals surface area contributed by atoms with E-state index in [-0.39, 0.29) is 4.90 Å². The number of carbonyl (C=O) groups excluding carboxylic acids is 3. The molecule has 0 atom stereocenters. The lowest BCUT2D eigenvalue weighted by Gasteiger charge is -2.22. The molecule has 5 nitrogen and oxygen atoms in total. The number of hydrogen-bond acceptors (Lipinski definition) is 5. The molecule has 0 spiro atoms. The van der Waals surface area contributed by atoms with E-state index in [1.807, 2.05) is 0 Å². The van der Waals surface area contributed by atoms with Gasteiger partial charge < -0.3 is 4.74 Å². The summed E-state index contributed by atoms with van der Waals surface area (Å²) in [6.07, 6.45) is 0. The van der Waals surface area contributed by atoms with Crippen LogP contribution in [0.4, 0.5) is 31.1 Å². The van der Waals surface area contributed by atoms with Crippen LogP contribution in [0.5, 0.6) is 0 Å². The molecule has 2 aromatic rings. The minimum absolute atomic E-state index is 0.0665. The van der Waals surface area contributed by atoms with E-state index in [1.54, 1.807) is 0 Å². The molecule has 0 aliphatic rings. The second-order valence-corrected chi connectivity index (χ2v) is 7.47. The lowest BCUT2D eigenvalue weighted by molar-refractivity contribution is -0.123. The van der Waals surface area contributed by atoms with Crippen molar-refractivity contribution in [3.05, 3.63) is 59.4 Å². The maximum absolute atomic E-state index is 14.6. The average molecular weight is 477 g/mol. The van der Waals surface area contributed by atoms with Gasteiger partial charge in [0, 0.05) is 25.4 Å². The largest absolute Gasteiger partial charge is 0.446 e. The number of ether oxygens (including phenoxy) is 1. The van der Waals surface area contributed by atoms with Crippen molar-refractivity contribution in [2.24, 2.45) is 0 Å². The van der Waals surface area contributed by atoms with E-state index in [0.29, 0.717) is 6.07 Å². The molecule has 0 N–H and O–H groups in total. The van der Waals surface area contributed by atoms with Crippen LogP contribution in [-0.2, 0) is 9.53 Å². The minimum atomic E-state index is -4.68. The molecule has 2 aromatic carbocycles. The number of nitrogens with zero attached hydrogens (tertiary/aromatic N) is 1. The van der Waals surface area contributed by atoms with Crippen molar-refractivity contribution in [1.29, 1.82) is 0 Å². The number of rotatable bonds is 6. The van der Waals surface area contributed by atoms with Crippen LogP contribution >= 0.6 is 11.8 Å². The molecule has 0 aliphatic carbocycles. The van der Waals surface area contributed by atoms with Crippen LogP contribution in [0.25, 0.3) is 0 Å². The molecule has 0 aliphatic heterocycles. The molecule has 0 saturated heterocycles. The summed E-state index contributed by atoms with van der Waals surface area (Å²) in [5.74, 6) is -8.11. The molecule has 32 heavy (non-hydrogen) atoms. The Morgan fingerprint density at radius 3 is 2.09 bits per heavy atom. The third-order valence-electron chi connectivity index (χ3n) is 4.13. The van der Waals surface area contributed by atoms with Crippen LogP contribution in [0.2, 0.25) is 0 Å². The summed E-state index contributed by atoms with van der Waals surface area (Å²) in [6, 6.07) is 4.73. The van der Waals surface area contributed by atoms with Gasteiger partial charge in [-0.1, -0.05) is 12.1 Å². The Labute approximate surface area is 182 Å². The van der Waals surface area contributed by atoms with E-state index in [0.717, 1.165) is 44.4 Å². The monoisotopic (exact) mass is 477 g/mol. The van der Waals surface area contributed by atoms with E-state index in [2.05, 4.69) is 0 Å². The second kappa shape index (κ2) is 10.2. The van der Waals surface area contributed by atoms with Crippen LogP contribution in [0.3, 0.4) is 0 Å². The summed E-state index contributed by atoms with van der Waals surface area (Å²) in [6.45, 7) is -1.48. The highest BCUT2D eigenvalue weighted by Gasteiger charge is 2.39. The van der Waals surface area contributed by atoms with Crippen molar-refractivity contribution >= 4 is 41.6 Å². The number of halogens is 6. The van der Waals surface area contributed by atoms with Crippen molar-refractivity contribution in [3.63, 3.8) is 0 Å². The number of methoxy groups -OCH3 is 1. The Kier molecular flexibility index (Phi) is 8.13. The van der Waals surface area contributed by atoms with Crippen LogP contribution in [-0.4, -0.2) is 48.4 Å². The van der Waals surface area contributed by atoms with Gasteiger partial charge in [-0.25, -0.2) is 18.1 Å². The third kappa shape index (κ3) is 5.91. The fourth-order valence-electron chi connectivity index (χ4n) is 2.82. The lowest BCUT2D eigenvalue weighted by atomic mass is 9.44. The molecule has 0 fully saturated rings. The summed E-state index contributed by atoms with van der Waals surface area (Å²) in [7, 11) is 1.11. The number of hydrogen-bond donors (Lipinski definition) is 0. The molecule has 0 saturated carbocycles. The lowest BCUT2D eigenvalue weighted by Crippen LogP contribution is -2.55. The maximum Gasteiger partial charge on any atom is 0.446 e. The molecule has 0 unspecified atom stereocenters. The van der Waals surface area contributed by atoms with Crippen molar-refractivity contribution < 1.29 is 45.5 Å². The highest BCUT2D eigenvalue weighted by Crippen LogP contribution is 2.36. The molecule has 2 rings (SSSR count). The predicted molar refractivity (Wildman–Crippen MR) is 104 cm³/mol. The van der Waals surface area contributed by atoms with Crippen LogP contribution in [0, 0.1) is 17.5 Å². The average Bonchev–Trinajstić information content (AvgIpc) is 2.65. The zero-order valence-electron chi connectivity index (χ0n) is 16.5. The Morgan fingerprint density at radius 1 is 1.03 bits per heavy atom. The molecular formula is C19H14BF6NO4S. The molecule has 0 radical (unpaired) electrons. The first-order chi connectivity index (χ1) is 14.9. The van der Waals surface area contributed by atoms with Gasteiger partial charge in [0.1, 0.15) is 23.0 Å². The van der Waals surface area contributed by atoms with Crippen molar-refractivity contribution in [3.8, 4) is 0 Å². The van der Waals surface area contributed by atoms with Gasteiger partial charge in [-0.05, 0) is 41.5 Å². The van der Waals surface area contributed by atoms with Gasteiger partial charge in [0.25, 0.3) is 5.91 Å². The molecule has 13 heteroatoms. The third-order valence-corrected chi connectivity index (χ3v) is 4.85. The Balaban J connectivity index is 2.48. The smallest absolute Gasteiger partial charge is 0.392 e. The van der Waals surface area contributed by atoms with Gasteiger partial charge in [0.05, 0.1) is 0 Å². The van der Waals surface area contributed by atoms with Gasteiger partial charge in [-0.2, -0.15) is 13.2 Å². The highest BCUT2D eigenvalue weighted by molar-refractivity contribution is 8.00. The Bertz CT molecular complexity index is 1030. The van der Waals surface area contributed by atoms with Gasteiger partial charge in [0.2, 0.25) is 5.91 Å². The molecule has 0 aromatic heterocycles. The van der Waals surface area contributed by atoms with Gasteiger partial charge in [-0.15, -0.1) is 0 Å². The maximum atomic E-state index is 14.6. The van der Waals surface area contributed by atoms with E-state index < -0.39 is 81.5 Å². The van der Waals surface area contributed by atoms with Crippen LogP contribution < -0.4 is 5.46 Å². The number of carbonyl (C=O) groups is 3. The summed E-state index contributed by atoms with van der Waals surface area (Å²) in [4.78, 5) is 37.1. The van der Waals surface area contributed by atoms with Crippen LogP contribution in [0.15, 0.2) is 41.3 Å². The second-order valence-electron chi connectivity index (χ2n) is 6.33. The van der Waals surface area contributed by atoms with E-state index in [4.69, 9.17) is 4.74 Å².